The Kier molecular flexibility index (Phi) is 4.12. The molecule has 3 aromatic carbocycles. The van der Waals surface area contributed by atoms with Gasteiger partial charge >= 0.3 is 0 Å². The van der Waals surface area contributed by atoms with Crippen LogP contribution in [-0.4, -0.2) is 5.11 Å². The molecule has 0 atom stereocenters. The van der Waals surface area contributed by atoms with Crippen LogP contribution in [0, 0.1) is 5.82 Å². The molecule has 3 aromatic rings. The number of hydrogen-bond donors (Lipinski definition) is 1. The van der Waals surface area contributed by atoms with Crippen LogP contribution < -0.4 is 0 Å². The van der Waals surface area contributed by atoms with Gasteiger partial charge in [-0.25, -0.2) is 4.39 Å². The first-order chi connectivity index (χ1) is 10.6. The summed E-state index contributed by atoms with van der Waals surface area (Å²) in [6, 6.07) is 19.3. The van der Waals surface area contributed by atoms with E-state index in [0.717, 1.165) is 22.3 Å². The number of rotatable bonds is 3. The average molecular weight is 313 g/mol. The molecule has 1 N–H and O–H groups in total. The third kappa shape index (κ3) is 3.29. The molecule has 0 spiro atoms. The van der Waals surface area contributed by atoms with Crippen LogP contribution in [0.25, 0.3) is 11.1 Å². The lowest BCUT2D eigenvalue weighted by Gasteiger charge is -2.09. The highest BCUT2D eigenvalue weighted by molar-refractivity contribution is 6.30. The normalized spacial score (nSPS) is 10.6. The molecule has 0 bridgehead atoms. The molecular weight excluding hydrogens is 299 g/mol. The van der Waals surface area contributed by atoms with Crippen LogP contribution in [0.5, 0.6) is 5.75 Å². The molecular formula is C19H14ClFO. The maximum absolute atomic E-state index is 13.0. The Hall–Kier alpha value is -2.32. The Morgan fingerprint density at radius 3 is 2.32 bits per heavy atom. The number of benzene rings is 3. The largest absolute Gasteiger partial charge is 0.507 e. The second-order valence-electron chi connectivity index (χ2n) is 5.17. The van der Waals surface area contributed by atoms with Crippen molar-refractivity contribution in [1.82, 2.24) is 0 Å². The van der Waals surface area contributed by atoms with Crippen molar-refractivity contribution in [2.75, 3.05) is 0 Å². The smallest absolute Gasteiger partial charge is 0.123 e. The summed E-state index contributed by atoms with van der Waals surface area (Å²) in [6.07, 6.45) is 0.675. The second-order valence-corrected chi connectivity index (χ2v) is 5.60. The molecule has 0 unspecified atom stereocenters. The van der Waals surface area contributed by atoms with Crippen molar-refractivity contribution >= 4 is 11.6 Å². The lowest BCUT2D eigenvalue weighted by molar-refractivity contribution is 0.477. The van der Waals surface area contributed by atoms with Crippen molar-refractivity contribution < 1.29 is 9.50 Å². The van der Waals surface area contributed by atoms with E-state index in [0.29, 0.717) is 11.4 Å². The highest BCUT2D eigenvalue weighted by Gasteiger charge is 2.07. The predicted molar refractivity (Wildman–Crippen MR) is 87.8 cm³/mol. The molecule has 0 aromatic heterocycles. The van der Waals surface area contributed by atoms with Gasteiger partial charge in [0.05, 0.1) is 0 Å². The third-order valence-corrected chi connectivity index (χ3v) is 3.75. The van der Waals surface area contributed by atoms with Crippen molar-refractivity contribution in [1.29, 1.82) is 0 Å². The Balaban J connectivity index is 1.94. The molecule has 0 aliphatic rings. The minimum atomic E-state index is -0.242. The average Bonchev–Trinajstić information content (AvgIpc) is 2.51. The highest BCUT2D eigenvalue weighted by Crippen LogP contribution is 2.32. The molecule has 110 valence electrons. The first kappa shape index (κ1) is 14.6. The van der Waals surface area contributed by atoms with Gasteiger partial charge in [-0.05, 0) is 59.5 Å². The molecule has 0 saturated heterocycles. The monoisotopic (exact) mass is 312 g/mol. The first-order valence-electron chi connectivity index (χ1n) is 6.94. The second kappa shape index (κ2) is 6.20. The van der Waals surface area contributed by atoms with Gasteiger partial charge < -0.3 is 5.11 Å². The van der Waals surface area contributed by atoms with E-state index in [1.54, 1.807) is 24.3 Å². The van der Waals surface area contributed by atoms with Crippen molar-refractivity contribution in [3.8, 4) is 16.9 Å². The zero-order valence-electron chi connectivity index (χ0n) is 11.8. The van der Waals surface area contributed by atoms with Gasteiger partial charge in [0.25, 0.3) is 0 Å². The molecule has 0 heterocycles. The van der Waals surface area contributed by atoms with E-state index < -0.39 is 0 Å². The number of aromatic hydroxyl groups is 1. The van der Waals surface area contributed by atoms with Gasteiger partial charge in [0.15, 0.2) is 0 Å². The fourth-order valence-electron chi connectivity index (χ4n) is 2.42. The van der Waals surface area contributed by atoms with Gasteiger partial charge in [0.2, 0.25) is 0 Å². The van der Waals surface area contributed by atoms with Crippen molar-refractivity contribution in [3.63, 3.8) is 0 Å². The predicted octanol–water partition coefficient (Wildman–Crippen LogP) is 5.44. The van der Waals surface area contributed by atoms with Gasteiger partial charge in [-0.15, -0.1) is 0 Å². The van der Waals surface area contributed by atoms with E-state index in [2.05, 4.69) is 0 Å². The fourth-order valence-corrected chi connectivity index (χ4v) is 2.61. The number of hydrogen-bond acceptors (Lipinski definition) is 1. The van der Waals surface area contributed by atoms with E-state index in [9.17, 15) is 9.50 Å². The molecule has 0 fully saturated rings. The van der Waals surface area contributed by atoms with E-state index in [1.807, 2.05) is 30.3 Å². The molecule has 0 aliphatic carbocycles. The Morgan fingerprint density at radius 1 is 0.864 bits per heavy atom. The topological polar surface area (TPSA) is 20.2 Å². The van der Waals surface area contributed by atoms with Crippen LogP contribution in [-0.2, 0) is 6.42 Å². The van der Waals surface area contributed by atoms with Gasteiger partial charge in [-0.2, -0.15) is 0 Å². The Morgan fingerprint density at radius 2 is 1.59 bits per heavy atom. The molecule has 0 radical (unpaired) electrons. The number of halogens is 2. The van der Waals surface area contributed by atoms with Crippen molar-refractivity contribution in [2.45, 2.75) is 6.42 Å². The summed E-state index contributed by atoms with van der Waals surface area (Å²) in [6.45, 7) is 0. The Bertz CT molecular complexity index is 797. The number of phenolic OH excluding ortho intramolecular Hbond substituents is 1. The summed E-state index contributed by atoms with van der Waals surface area (Å²) in [5.74, 6) is -0.0285. The molecule has 0 saturated carbocycles. The zero-order chi connectivity index (χ0) is 15.5. The maximum atomic E-state index is 13.0. The Labute approximate surface area is 133 Å². The maximum Gasteiger partial charge on any atom is 0.123 e. The molecule has 3 rings (SSSR count). The van der Waals surface area contributed by atoms with E-state index in [-0.39, 0.29) is 11.6 Å². The summed E-state index contributed by atoms with van der Waals surface area (Å²) < 4.78 is 13.0. The summed E-state index contributed by atoms with van der Waals surface area (Å²) in [5, 5.41) is 10.7. The van der Waals surface area contributed by atoms with E-state index in [1.165, 1.54) is 12.1 Å². The summed E-state index contributed by atoms with van der Waals surface area (Å²) >= 11 is 6.01. The van der Waals surface area contributed by atoms with E-state index in [4.69, 9.17) is 11.6 Å². The number of phenols is 1. The molecule has 1 nitrogen and oxygen atoms in total. The van der Waals surface area contributed by atoms with Gasteiger partial charge in [-0.1, -0.05) is 41.9 Å². The van der Waals surface area contributed by atoms with Crippen LogP contribution in [0.4, 0.5) is 4.39 Å². The SMILES string of the molecule is Oc1ccc(Cc2ccc(F)cc2)cc1-c1cccc(Cl)c1. The lowest BCUT2D eigenvalue weighted by atomic mass is 9.98. The van der Waals surface area contributed by atoms with Gasteiger partial charge in [0.1, 0.15) is 11.6 Å². The summed E-state index contributed by atoms with van der Waals surface area (Å²) in [4.78, 5) is 0. The zero-order valence-corrected chi connectivity index (χ0v) is 12.5. The first-order valence-corrected chi connectivity index (χ1v) is 7.32. The fraction of sp³-hybridized carbons (Fsp3) is 0.0526. The van der Waals surface area contributed by atoms with Crippen LogP contribution >= 0.6 is 11.6 Å². The summed E-state index contributed by atoms with van der Waals surface area (Å²) in [5.41, 5.74) is 3.66. The van der Waals surface area contributed by atoms with Crippen LogP contribution in [0.1, 0.15) is 11.1 Å². The van der Waals surface area contributed by atoms with E-state index >= 15 is 0 Å². The molecule has 0 amide bonds. The van der Waals surface area contributed by atoms with Gasteiger partial charge in [-0.3, -0.25) is 0 Å². The standard InChI is InChI=1S/C19H14ClFO/c20-16-3-1-2-15(12-16)18-11-14(6-9-19(18)22)10-13-4-7-17(21)8-5-13/h1-9,11-12,22H,10H2. The lowest BCUT2D eigenvalue weighted by Crippen LogP contribution is -1.90. The minimum Gasteiger partial charge on any atom is -0.507 e. The molecule has 3 heteroatoms. The van der Waals surface area contributed by atoms with Crippen molar-refractivity contribution in [2.24, 2.45) is 0 Å². The van der Waals surface area contributed by atoms with Crippen LogP contribution in [0.15, 0.2) is 66.7 Å². The van der Waals surface area contributed by atoms with Gasteiger partial charge in [0, 0.05) is 10.6 Å². The molecule has 0 aliphatic heterocycles. The summed E-state index contributed by atoms with van der Waals surface area (Å²) in [7, 11) is 0. The van der Waals surface area contributed by atoms with Crippen LogP contribution in [0.2, 0.25) is 5.02 Å². The molecule has 22 heavy (non-hydrogen) atoms. The van der Waals surface area contributed by atoms with Crippen LogP contribution in [0.3, 0.4) is 0 Å². The van der Waals surface area contributed by atoms with Crippen molar-refractivity contribution in [3.05, 3.63) is 88.7 Å². The quantitative estimate of drug-likeness (QED) is 0.682. The highest BCUT2D eigenvalue weighted by atomic mass is 35.5. The minimum absolute atomic E-state index is 0.213. The third-order valence-electron chi connectivity index (χ3n) is 3.52.